The van der Waals surface area contributed by atoms with Crippen LogP contribution in [-0.4, -0.2) is 16.0 Å². The fourth-order valence-electron chi connectivity index (χ4n) is 1.56. The zero-order valence-electron chi connectivity index (χ0n) is 11.2. The van der Waals surface area contributed by atoms with Crippen molar-refractivity contribution in [2.75, 3.05) is 0 Å². The number of hydrogen-bond donors (Lipinski definition) is 1. The lowest BCUT2D eigenvalue weighted by Crippen LogP contribution is -2.22. The smallest absolute Gasteiger partial charge is 0.223 e. The number of aromatic nitrogens is 2. The summed E-state index contributed by atoms with van der Waals surface area (Å²) in [7, 11) is 0. The van der Waals surface area contributed by atoms with E-state index in [1.54, 1.807) is 18.6 Å². The molecule has 0 aliphatic heterocycles. The minimum atomic E-state index is 0.398. The summed E-state index contributed by atoms with van der Waals surface area (Å²) < 4.78 is 7.61. The molecule has 0 saturated carbocycles. The molecule has 0 fully saturated rings. The number of rotatable bonds is 5. The molecule has 2 heterocycles. The molecule has 106 valence electrons. The maximum absolute atomic E-state index is 5.81. The number of nitrogens with zero attached hydrogens (tertiary/aromatic N) is 2. The van der Waals surface area contributed by atoms with Crippen LogP contribution in [0.15, 0.2) is 39.7 Å². The summed E-state index contributed by atoms with van der Waals surface area (Å²) in [6.07, 6.45) is 5.09. The van der Waals surface area contributed by atoms with Gasteiger partial charge in [0.2, 0.25) is 5.88 Å². The van der Waals surface area contributed by atoms with Crippen LogP contribution in [0.2, 0.25) is 0 Å². The van der Waals surface area contributed by atoms with Crippen LogP contribution < -0.4 is 10.1 Å². The summed E-state index contributed by atoms with van der Waals surface area (Å²) in [5.41, 5.74) is 0.994. The molecule has 0 aliphatic carbocycles. The van der Waals surface area contributed by atoms with Crippen LogP contribution in [0.3, 0.4) is 0 Å². The summed E-state index contributed by atoms with van der Waals surface area (Å²) in [6, 6.07) is 4.26. The summed E-state index contributed by atoms with van der Waals surface area (Å²) in [6.45, 7) is 4.90. The third kappa shape index (κ3) is 4.54. The molecule has 20 heavy (non-hydrogen) atoms. The zero-order valence-corrected chi connectivity index (χ0v) is 14.4. The molecule has 4 nitrogen and oxygen atoms in total. The maximum Gasteiger partial charge on any atom is 0.223 e. The zero-order chi connectivity index (χ0) is 14.5. The summed E-state index contributed by atoms with van der Waals surface area (Å²) >= 11 is 6.81. The molecule has 2 aromatic heterocycles. The Balaban J connectivity index is 2.21. The fourth-order valence-corrected chi connectivity index (χ4v) is 2.28. The predicted octanol–water partition coefficient (Wildman–Crippen LogP) is 4.29. The first-order valence-electron chi connectivity index (χ1n) is 6.21. The van der Waals surface area contributed by atoms with Crippen molar-refractivity contribution in [2.45, 2.75) is 26.4 Å². The Bertz CT molecular complexity index is 590. The van der Waals surface area contributed by atoms with E-state index in [-0.39, 0.29) is 0 Å². The second-order valence-corrected chi connectivity index (χ2v) is 6.43. The van der Waals surface area contributed by atoms with Gasteiger partial charge in [-0.25, -0.2) is 4.98 Å². The first kappa shape index (κ1) is 15.4. The van der Waals surface area contributed by atoms with Gasteiger partial charge >= 0.3 is 0 Å². The van der Waals surface area contributed by atoms with Crippen LogP contribution in [0, 0.1) is 0 Å². The molecule has 1 N–H and O–H groups in total. The van der Waals surface area contributed by atoms with E-state index in [0.717, 1.165) is 14.5 Å². The van der Waals surface area contributed by atoms with Crippen molar-refractivity contribution in [3.63, 3.8) is 0 Å². The maximum atomic E-state index is 5.81. The second-order valence-electron chi connectivity index (χ2n) is 4.59. The third-order valence-electron chi connectivity index (χ3n) is 2.49. The molecule has 6 heteroatoms. The lowest BCUT2D eigenvalue weighted by Gasteiger charge is -2.13. The van der Waals surface area contributed by atoms with Gasteiger partial charge in [0.15, 0.2) is 0 Å². The molecule has 0 saturated heterocycles. The van der Waals surface area contributed by atoms with Gasteiger partial charge in [-0.15, -0.1) is 0 Å². The summed E-state index contributed by atoms with van der Waals surface area (Å²) in [5.74, 6) is 1.24. The van der Waals surface area contributed by atoms with Crippen molar-refractivity contribution >= 4 is 31.9 Å². The van der Waals surface area contributed by atoms with Gasteiger partial charge in [0, 0.05) is 39.5 Å². The topological polar surface area (TPSA) is 47.0 Å². The van der Waals surface area contributed by atoms with Gasteiger partial charge in [0.25, 0.3) is 0 Å². The fraction of sp³-hybridized carbons (Fsp3) is 0.286. The van der Waals surface area contributed by atoms with E-state index in [2.05, 4.69) is 61.0 Å². The molecular weight excluding hydrogens is 386 g/mol. The number of pyridine rings is 2. The van der Waals surface area contributed by atoms with Crippen molar-refractivity contribution in [1.82, 2.24) is 15.3 Å². The normalized spacial score (nSPS) is 10.8. The average Bonchev–Trinajstić information content (AvgIpc) is 2.39. The lowest BCUT2D eigenvalue weighted by molar-refractivity contribution is 0.447. The molecule has 0 aromatic carbocycles. The molecule has 0 unspecified atom stereocenters. The van der Waals surface area contributed by atoms with Crippen LogP contribution in [0.1, 0.15) is 19.4 Å². The van der Waals surface area contributed by atoms with E-state index in [1.807, 2.05) is 12.1 Å². The van der Waals surface area contributed by atoms with E-state index in [0.29, 0.717) is 24.2 Å². The van der Waals surface area contributed by atoms with E-state index < -0.39 is 0 Å². The van der Waals surface area contributed by atoms with E-state index in [9.17, 15) is 0 Å². The predicted molar refractivity (Wildman–Crippen MR) is 85.9 cm³/mol. The van der Waals surface area contributed by atoms with E-state index >= 15 is 0 Å². The van der Waals surface area contributed by atoms with Crippen molar-refractivity contribution in [1.29, 1.82) is 0 Å². The van der Waals surface area contributed by atoms with Gasteiger partial charge in [-0.1, -0.05) is 13.8 Å². The largest absolute Gasteiger partial charge is 0.437 e. The first-order valence-corrected chi connectivity index (χ1v) is 7.79. The first-order chi connectivity index (χ1) is 9.54. The monoisotopic (exact) mass is 399 g/mol. The van der Waals surface area contributed by atoms with Gasteiger partial charge in [-0.3, -0.25) is 4.98 Å². The average molecular weight is 401 g/mol. The molecule has 2 rings (SSSR count). The van der Waals surface area contributed by atoms with Gasteiger partial charge in [0.1, 0.15) is 5.75 Å². The molecule has 0 spiro atoms. The van der Waals surface area contributed by atoms with Gasteiger partial charge in [-0.05, 0) is 44.0 Å². The highest BCUT2D eigenvalue weighted by Crippen LogP contribution is 2.26. The lowest BCUT2D eigenvalue weighted by atomic mass is 10.2. The molecule has 0 bridgehead atoms. The van der Waals surface area contributed by atoms with Gasteiger partial charge in [0.05, 0.1) is 6.20 Å². The van der Waals surface area contributed by atoms with Crippen molar-refractivity contribution in [3.8, 4) is 11.6 Å². The van der Waals surface area contributed by atoms with Crippen LogP contribution in [0.5, 0.6) is 11.6 Å². The number of nitrogens with one attached hydrogen (secondary N) is 1. The molecular formula is C14H15Br2N3O. The van der Waals surface area contributed by atoms with Crippen molar-refractivity contribution < 1.29 is 4.74 Å². The highest BCUT2D eigenvalue weighted by molar-refractivity contribution is 9.10. The minimum Gasteiger partial charge on any atom is -0.437 e. The molecule has 0 aliphatic rings. The quantitative estimate of drug-likeness (QED) is 0.812. The van der Waals surface area contributed by atoms with Crippen LogP contribution in [-0.2, 0) is 6.54 Å². The minimum absolute atomic E-state index is 0.398. The Kier molecular flexibility index (Phi) is 5.51. The summed E-state index contributed by atoms with van der Waals surface area (Å²) in [4.78, 5) is 8.41. The Morgan fingerprint density at radius 3 is 2.60 bits per heavy atom. The van der Waals surface area contributed by atoms with Crippen LogP contribution in [0.4, 0.5) is 0 Å². The Morgan fingerprint density at radius 2 is 1.90 bits per heavy atom. The van der Waals surface area contributed by atoms with E-state index in [1.165, 1.54) is 0 Å². The molecule has 0 amide bonds. The highest BCUT2D eigenvalue weighted by Gasteiger charge is 2.09. The van der Waals surface area contributed by atoms with Gasteiger partial charge in [-0.2, -0.15) is 0 Å². The Morgan fingerprint density at radius 1 is 1.15 bits per heavy atom. The standard InChI is InChI=1S/C14H15Br2N3O/c1-9(2)18-5-10-3-11(15)7-19-14(10)20-13-4-12(16)6-17-8-13/h3-4,6-9,18H,5H2,1-2H3. The molecule has 0 radical (unpaired) electrons. The number of halogens is 2. The Hall–Kier alpha value is -0.980. The van der Waals surface area contributed by atoms with Crippen LogP contribution >= 0.6 is 31.9 Å². The van der Waals surface area contributed by atoms with Gasteiger partial charge < -0.3 is 10.1 Å². The number of ether oxygens (including phenoxy) is 1. The van der Waals surface area contributed by atoms with Crippen LogP contribution in [0.25, 0.3) is 0 Å². The summed E-state index contributed by atoms with van der Waals surface area (Å²) in [5, 5.41) is 3.36. The van der Waals surface area contributed by atoms with Crippen molar-refractivity contribution in [2.24, 2.45) is 0 Å². The van der Waals surface area contributed by atoms with Crippen molar-refractivity contribution in [3.05, 3.63) is 45.2 Å². The highest BCUT2D eigenvalue weighted by atomic mass is 79.9. The third-order valence-corrected chi connectivity index (χ3v) is 3.35. The SMILES string of the molecule is CC(C)NCc1cc(Br)cnc1Oc1cncc(Br)c1. The molecule has 0 atom stereocenters. The second kappa shape index (κ2) is 7.15. The number of hydrogen-bond acceptors (Lipinski definition) is 4. The molecule has 2 aromatic rings. The Labute approximate surface area is 135 Å². The van der Waals surface area contributed by atoms with E-state index in [4.69, 9.17) is 4.74 Å².